The molecule has 1 aromatic heterocycles. The van der Waals surface area contributed by atoms with Gasteiger partial charge in [0.2, 0.25) is 0 Å². The molecule has 0 saturated carbocycles. The van der Waals surface area contributed by atoms with Crippen LogP contribution in [-0.2, 0) is 11.3 Å². The summed E-state index contributed by atoms with van der Waals surface area (Å²) in [7, 11) is 1.70. The maximum absolute atomic E-state index is 5.68. The van der Waals surface area contributed by atoms with Crippen molar-refractivity contribution in [3.63, 3.8) is 0 Å². The van der Waals surface area contributed by atoms with Gasteiger partial charge < -0.3 is 10.5 Å². The molecule has 16 heavy (non-hydrogen) atoms. The van der Waals surface area contributed by atoms with Crippen molar-refractivity contribution in [3.05, 3.63) is 17.6 Å². The van der Waals surface area contributed by atoms with Crippen molar-refractivity contribution < 1.29 is 4.74 Å². The number of likely N-dealkylation sites (N-methyl/N-ethyl adjacent to an activating group) is 1. The van der Waals surface area contributed by atoms with Crippen molar-refractivity contribution in [2.75, 3.05) is 32.5 Å². The molecule has 0 bridgehead atoms. The number of rotatable bonds is 6. The van der Waals surface area contributed by atoms with Crippen LogP contribution in [0.15, 0.2) is 6.07 Å². The Kier molecular flexibility index (Phi) is 5.14. The van der Waals surface area contributed by atoms with Gasteiger partial charge in [-0.15, -0.1) is 0 Å². The van der Waals surface area contributed by atoms with Crippen LogP contribution < -0.4 is 5.73 Å². The van der Waals surface area contributed by atoms with Crippen molar-refractivity contribution in [1.29, 1.82) is 0 Å². The molecule has 0 aliphatic carbocycles. The molecule has 0 atom stereocenters. The topological polar surface area (TPSA) is 64.3 Å². The van der Waals surface area contributed by atoms with Gasteiger partial charge in [-0.2, -0.15) is 0 Å². The largest absolute Gasteiger partial charge is 0.384 e. The van der Waals surface area contributed by atoms with E-state index in [-0.39, 0.29) is 0 Å². The smallest absolute Gasteiger partial charge is 0.144 e. The predicted molar refractivity (Wildman–Crippen MR) is 64.0 cm³/mol. The fraction of sp³-hybridized carbons (Fsp3) is 0.636. The highest BCUT2D eigenvalue weighted by atomic mass is 16.5. The van der Waals surface area contributed by atoms with E-state index in [2.05, 4.69) is 21.8 Å². The summed E-state index contributed by atoms with van der Waals surface area (Å²) in [6.07, 6.45) is 0. The lowest BCUT2D eigenvalue weighted by atomic mass is 10.4. The lowest BCUT2D eigenvalue weighted by Crippen LogP contribution is -2.27. The van der Waals surface area contributed by atoms with Crippen LogP contribution >= 0.6 is 0 Å². The van der Waals surface area contributed by atoms with Gasteiger partial charge in [0.15, 0.2) is 0 Å². The van der Waals surface area contributed by atoms with E-state index < -0.39 is 0 Å². The Morgan fingerprint density at radius 2 is 2.19 bits per heavy atom. The Labute approximate surface area is 96.6 Å². The first-order valence-electron chi connectivity index (χ1n) is 5.47. The third-order valence-electron chi connectivity index (χ3n) is 2.34. The molecule has 1 rings (SSSR count). The average Bonchev–Trinajstić information content (AvgIpc) is 2.22. The van der Waals surface area contributed by atoms with Gasteiger partial charge in [0, 0.05) is 25.4 Å². The van der Waals surface area contributed by atoms with E-state index in [1.54, 1.807) is 13.2 Å². The van der Waals surface area contributed by atoms with Crippen molar-refractivity contribution in [1.82, 2.24) is 14.9 Å². The van der Waals surface area contributed by atoms with Crippen LogP contribution in [0.3, 0.4) is 0 Å². The van der Waals surface area contributed by atoms with Crippen molar-refractivity contribution >= 4 is 5.82 Å². The number of anilines is 1. The first-order valence-corrected chi connectivity index (χ1v) is 5.47. The molecule has 0 saturated heterocycles. The Morgan fingerprint density at radius 3 is 2.75 bits per heavy atom. The predicted octanol–water partition coefficient (Wildman–Crippen LogP) is 0.836. The van der Waals surface area contributed by atoms with Crippen molar-refractivity contribution in [2.24, 2.45) is 0 Å². The molecule has 0 amide bonds. The lowest BCUT2D eigenvalue weighted by molar-refractivity contribution is 0.146. The summed E-state index contributed by atoms with van der Waals surface area (Å²) in [6, 6.07) is 1.77. The molecule has 0 spiro atoms. The summed E-state index contributed by atoms with van der Waals surface area (Å²) in [6.45, 7) is 7.29. The molecule has 5 heteroatoms. The molecule has 1 heterocycles. The molecular weight excluding hydrogens is 204 g/mol. The van der Waals surface area contributed by atoms with Crippen LogP contribution in [0.1, 0.15) is 18.4 Å². The number of nitrogens with zero attached hydrogens (tertiary/aromatic N) is 3. The minimum Gasteiger partial charge on any atom is -0.384 e. The number of hydrogen-bond donors (Lipinski definition) is 1. The molecule has 0 fully saturated rings. The summed E-state index contributed by atoms with van der Waals surface area (Å²) in [5, 5.41) is 0. The third-order valence-corrected chi connectivity index (χ3v) is 2.34. The fourth-order valence-corrected chi connectivity index (χ4v) is 1.50. The molecule has 0 unspecified atom stereocenters. The van der Waals surface area contributed by atoms with E-state index in [0.717, 1.165) is 31.2 Å². The van der Waals surface area contributed by atoms with E-state index in [1.807, 2.05) is 6.92 Å². The van der Waals surface area contributed by atoms with Gasteiger partial charge in [-0.1, -0.05) is 6.92 Å². The Morgan fingerprint density at radius 1 is 1.44 bits per heavy atom. The summed E-state index contributed by atoms with van der Waals surface area (Å²) in [5.74, 6) is 1.31. The molecule has 90 valence electrons. The van der Waals surface area contributed by atoms with Crippen molar-refractivity contribution in [2.45, 2.75) is 20.4 Å². The Bertz CT molecular complexity index is 310. The fourth-order valence-electron chi connectivity index (χ4n) is 1.50. The maximum Gasteiger partial charge on any atom is 0.144 e. The lowest BCUT2D eigenvalue weighted by Gasteiger charge is -2.18. The monoisotopic (exact) mass is 224 g/mol. The van der Waals surface area contributed by atoms with Gasteiger partial charge in [-0.3, -0.25) is 4.90 Å². The first kappa shape index (κ1) is 12.9. The molecule has 0 aliphatic rings. The van der Waals surface area contributed by atoms with Gasteiger partial charge in [0.25, 0.3) is 0 Å². The molecule has 0 aliphatic heterocycles. The quantitative estimate of drug-likeness (QED) is 0.775. The number of ether oxygens (including phenoxy) is 1. The van der Waals surface area contributed by atoms with Gasteiger partial charge in [-0.05, 0) is 13.5 Å². The number of nitrogen functional groups attached to an aromatic ring is 1. The van der Waals surface area contributed by atoms with Crippen LogP contribution in [-0.4, -0.2) is 41.7 Å². The molecule has 1 aromatic rings. The van der Waals surface area contributed by atoms with Gasteiger partial charge >= 0.3 is 0 Å². The van der Waals surface area contributed by atoms with Crippen LogP contribution in [0.5, 0.6) is 0 Å². The van der Waals surface area contributed by atoms with E-state index in [0.29, 0.717) is 12.4 Å². The second-order valence-electron chi connectivity index (χ2n) is 3.71. The number of aromatic nitrogens is 2. The molecule has 0 aromatic carbocycles. The zero-order chi connectivity index (χ0) is 12.0. The Balaban J connectivity index is 2.62. The highest BCUT2D eigenvalue weighted by Gasteiger charge is 2.06. The number of nitrogens with two attached hydrogens (primary N) is 1. The first-order chi connectivity index (χ1) is 7.65. The summed E-state index contributed by atoms with van der Waals surface area (Å²) in [4.78, 5) is 10.8. The normalized spacial score (nSPS) is 11.0. The standard InChI is InChI=1S/C11H20N4O/c1-4-15(5-6-16-3)8-11-13-9(2)7-10(12)14-11/h7H,4-6,8H2,1-3H3,(H2,12,13,14). The van der Waals surface area contributed by atoms with E-state index in [9.17, 15) is 0 Å². The van der Waals surface area contributed by atoms with Gasteiger partial charge in [-0.25, -0.2) is 9.97 Å². The van der Waals surface area contributed by atoms with Gasteiger partial charge in [0.05, 0.1) is 13.2 Å². The van der Waals surface area contributed by atoms with E-state index in [1.165, 1.54) is 0 Å². The highest BCUT2D eigenvalue weighted by molar-refractivity contribution is 5.29. The van der Waals surface area contributed by atoms with Crippen LogP contribution in [0, 0.1) is 6.92 Å². The molecule has 5 nitrogen and oxygen atoms in total. The summed E-state index contributed by atoms with van der Waals surface area (Å²) < 4.78 is 5.05. The highest BCUT2D eigenvalue weighted by Crippen LogP contribution is 2.04. The molecular formula is C11H20N4O. The average molecular weight is 224 g/mol. The number of methoxy groups -OCH3 is 1. The number of aryl methyl sites for hydroxylation is 1. The van der Waals surface area contributed by atoms with E-state index in [4.69, 9.17) is 10.5 Å². The van der Waals surface area contributed by atoms with Crippen LogP contribution in [0.2, 0.25) is 0 Å². The Hall–Kier alpha value is -1.20. The van der Waals surface area contributed by atoms with Crippen LogP contribution in [0.4, 0.5) is 5.82 Å². The zero-order valence-corrected chi connectivity index (χ0v) is 10.2. The molecule has 2 N–H and O–H groups in total. The summed E-state index contributed by atoms with van der Waals surface area (Å²) >= 11 is 0. The van der Waals surface area contributed by atoms with E-state index >= 15 is 0 Å². The van der Waals surface area contributed by atoms with Gasteiger partial charge in [0.1, 0.15) is 11.6 Å². The minimum atomic E-state index is 0.533. The molecule has 0 radical (unpaired) electrons. The third kappa shape index (κ3) is 4.12. The SMILES string of the molecule is CCN(CCOC)Cc1nc(C)cc(N)n1. The van der Waals surface area contributed by atoms with Crippen LogP contribution in [0.25, 0.3) is 0 Å². The summed E-state index contributed by atoms with van der Waals surface area (Å²) in [5.41, 5.74) is 6.59. The zero-order valence-electron chi connectivity index (χ0n) is 10.2. The maximum atomic E-state index is 5.68. The second kappa shape index (κ2) is 6.40. The second-order valence-corrected chi connectivity index (χ2v) is 3.71. The number of hydrogen-bond acceptors (Lipinski definition) is 5. The van der Waals surface area contributed by atoms with Crippen molar-refractivity contribution in [3.8, 4) is 0 Å². The minimum absolute atomic E-state index is 0.533.